The van der Waals surface area contributed by atoms with Crippen LogP contribution in [0.15, 0.2) is 18.2 Å². The van der Waals surface area contributed by atoms with Crippen LogP contribution in [0.25, 0.3) is 0 Å². The molecule has 1 rings (SSSR count). The van der Waals surface area contributed by atoms with Crippen LogP contribution >= 0.6 is 11.8 Å². The molecule has 1 N–H and O–H groups in total. The number of hydrogen-bond donors (Lipinski definition) is 1. The Morgan fingerprint density at radius 3 is 2.62 bits per heavy atom. The first-order chi connectivity index (χ1) is 9.87. The van der Waals surface area contributed by atoms with E-state index in [1.165, 1.54) is 7.11 Å². The lowest BCUT2D eigenvalue weighted by Gasteiger charge is -2.24. The second-order valence-electron chi connectivity index (χ2n) is 6.21. The van der Waals surface area contributed by atoms with Crippen molar-refractivity contribution >= 4 is 11.8 Å². The molecule has 0 spiro atoms. The van der Waals surface area contributed by atoms with Crippen LogP contribution in [0.3, 0.4) is 0 Å². The van der Waals surface area contributed by atoms with E-state index < -0.39 is 0 Å². The van der Waals surface area contributed by atoms with Gasteiger partial charge >= 0.3 is 0 Å². The molecule has 0 amide bonds. The Morgan fingerprint density at radius 1 is 1.33 bits per heavy atom. The third-order valence-electron chi connectivity index (χ3n) is 3.13. The maximum absolute atomic E-state index is 14.3. The molecule has 1 unspecified atom stereocenters. The van der Waals surface area contributed by atoms with Crippen molar-refractivity contribution in [3.05, 3.63) is 29.6 Å². The molecule has 1 atom stereocenters. The lowest BCUT2D eigenvalue weighted by Crippen LogP contribution is -2.35. The van der Waals surface area contributed by atoms with Crippen LogP contribution in [0.4, 0.5) is 4.39 Å². The molecule has 21 heavy (non-hydrogen) atoms. The monoisotopic (exact) mass is 313 g/mol. The van der Waals surface area contributed by atoms with E-state index >= 15 is 0 Å². The zero-order valence-corrected chi connectivity index (χ0v) is 14.6. The molecule has 120 valence electrons. The third-order valence-corrected chi connectivity index (χ3v) is 4.57. The van der Waals surface area contributed by atoms with Crippen molar-refractivity contribution in [1.29, 1.82) is 0 Å². The van der Waals surface area contributed by atoms with E-state index in [4.69, 9.17) is 4.74 Å². The molecule has 0 aliphatic carbocycles. The van der Waals surface area contributed by atoms with Crippen LogP contribution in [-0.4, -0.2) is 30.2 Å². The SMILES string of the molecule is CCCNC(CSC(C)(C)C)Cc1cccc(OC)c1F. The van der Waals surface area contributed by atoms with Crippen LogP contribution in [0.5, 0.6) is 5.75 Å². The van der Waals surface area contributed by atoms with Gasteiger partial charge in [0.1, 0.15) is 0 Å². The molecule has 0 saturated carbocycles. The zero-order chi connectivity index (χ0) is 15.9. The summed E-state index contributed by atoms with van der Waals surface area (Å²) in [6, 6.07) is 5.64. The second-order valence-corrected chi connectivity index (χ2v) is 8.06. The fourth-order valence-electron chi connectivity index (χ4n) is 2.03. The van der Waals surface area contributed by atoms with Crippen molar-refractivity contribution in [3.63, 3.8) is 0 Å². The number of thioether (sulfide) groups is 1. The highest BCUT2D eigenvalue weighted by Gasteiger charge is 2.18. The lowest BCUT2D eigenvalue weighted by atomic mass is 10.1. The largest absolute Gasteiger partial charge is 0.494 e. The quantitative estimate of drug-likeness (QED) is 0.774. The van der Waals surface area contributed by atoms with Gasteiger partial charge in [0.15, 0.2) is 11.6 Å². The van der Waals surface area contributed by atoms with Crippen molar-refractivity contribution in [3.8, 4) is 5.75 Å². The third kappa shape index (κ3) is 6.70. The van der Waals surface area contributed by atoms with E-state index in [1.807, 2.05) is 23.9 Å². The summed E-state index contributed by atoms with van der Waals surface area (Å²) in [4.78, 5) is 0. The maximum atomic E-state index is 14.3. The fraction of sp³-hybridized carbons (Fsp3) is 0.647. The van der Waals surface area contributed by atoms with E-state index in [9.17, 15) is 4.39 Å². The van der Waals surface area contributed by atoms with Crippen molar-refractivity contribution in [2.45, 2.75) is 51.3 Å². The van der Waals surface area contributed by atoms with E-state index in [2.05, 4.69) is 33.0 Å². The number of benzene rings is 1. The Kier molecular flexibility index (Phi) is 7.53. The standard InChI is InChI=1S/C17H28FNOS/c1-6-10-19-14(12-21-17(2,3)4)11-13-8-7-9-15(20-5)16(13)18/h7-9,14,19H,6,10-12H2,1-5H3. The summed E-state index contributed by atoms with van der Waals surface area (Å²) < 4.78 is 19.6. The second kappa shape index (κ2) is 8.64. The van der Waals surface area contributed by atoms with Crippen molar-refractivity contribution in [2.75, 3.05) is 19.4 Å². The summed E-state index contributed by atoms with van der Waals surface area (Å²) in [5, 5.41) is 3.53. The molecular weight excluding hydrogens is 285 g/mol. The highest BCUT2D eigenvalue weighted by molar-refractivity contribution is 8.00. The molecule has 0 bridgehead atoms. The maximum Gasteiger partial charge on any atom is 0.168 e. The average Bonchev–Trinajstić information content (AvgIpc) is 2.42. The Hall–Kier alpha value is -0.740. The minimum Gasteiger partial charge on any atom is -0.494 e. The van der Waals surface area contributed by atoms with Crippen molar-refractivity contribution in [1.82, 2.24) is 5.32 Å². The van der Waals surface area contributed by atoms with Gasteiger partial charge in [0.05, 0.1) is 7.11 Å². The van der Waals surface area contributed by atoms with E-state index in [0.717, 1.165) is 24.3 Å². The van der Waals surface area contributed by atoms with Gasteiger partial charge in [-0.15, -0.1) is 0 Å². The molecule has 1 aromatic rings. The number of halogens is 1. The van der Waals surface area contributed by atoms with Crippen LogP contribution < -0.4 is 10.1 Å². The molecule has 4 heteroatoms. The van der Waals surface area contributed by atoms with Gasteiger partial charge in [-0.05, 0) is 31.0 Å². The summed E-state index contributed by atoms with van der Waals surface area (Å²) in [5.41, 5.74) is 0.720. The van der Waals surface area contributed by atoms with Crippen LogP contribution in [0.2, 0.25) is 0 Å². The van der Waals surface area contributed by atoms with Crippen molar-refractivity contribution < 1.29 is 9.13 Å². The van der Waals surface area contributed by atoms with E-state index in [0.29, 0.717) is 12.2 Å². The molecule has 2 nitrogen and oxygen atoms in total. The molecule has 0 saturated heterocycles. The van der Waals surface area contributed by atoms with Gasteiger partial charge < -0.3 is 10.1 Å². The Balaban J connectivity index is 2.75. The number of nitrogens with one attached hydrogen (secondary N) is 1. The van der Waals surface area contributed by atoms with Crippen molar-refractivity contribution in [2.24, 2.45) is 0 Å². The number of ether oxygens (including phenoxy) is 1. The van der Waals surface area contributed by atoms with Gasteiger partial charge in [0.25, 0.3) is 0 Å². The Labute approximate surface area is 132 Å². The minimum atomic E-state index is -0.232. The molecule has 0 heterocycles. The summed E-state index contributed by atoms with van der Waals surface area (Å²) in [5.74, 6) is 1.06. The predicted octanol–water partition coefficient (Wildman–Crippen LogP) is 4.28. The summed E-state index contributed by atoms with van der Waals surface area (Å²) >= 11 is 1.91. The highest BCUT2D eigenvalue weighted by atomic mass is 32.2. The van der Waals surface area contributed by atoms with E-state index in [1.54, 1.807) is 6.07 Å². The first-order valence-corrected chi connectivity index (χ1v) is 8.54. The molecule has 1 aromatic carbocycles. The Morgan fingerprint density at radius 2 is 2.05 bits per heavy atom. The Bertz CT molecular complexity index is 431. The highest BCUT2D eigenvalue weighted by Crippen LogP contribution is 2.26. The number of hydrogen-bond acceptors (Lipinski definition) is 3. The van der Waals surface area contributed by atoms with E-state index in [-0.39, 0.29) is 16.6 Å². The molecule has 0 aliphatic rings. The lowest BCUT2D eigenvalue weighted by molar-refractivity contribution is 0.383. The summed E-state index contributed by atoms with van der Waals surface area (Å²) in [6.45, 7) is 9.73. The van der Waals surface area contributed by atoms with Crippen LogP contribution in [-0.2, 0) is 6.42 Å². The van der Waals surface area contributed by atoms with Gasteiger partial charge in [-0.25, -0.2) is 4.39 Å². The fourth-order valence-corrected chi connectivity index (χ4v) is 2.96. The van der Waals surface area contributed by atoms with Gasteiger partial charge in [-0.3, -0.25) is 0 Å². The van der Waals surface area contributed by atoms with Gasteiger partial charge in [-0.1, -0.05) is 39.8 Å². The van der Waals surface area contributed by atoms with Gasteiger partial charge in [-0.2, -0.15) is 11.8 Å². The molecule has 0 radical (unpaired) electrons. The first-order valence-electron chi connectivity index (χ1n) is 7.56. The number of rotatable bonds is 8. The average molecular weight is 313 g/mol. The molecular formula is C17H28FNOS. The summed E-state index contributed by atoms with van der Waals surface area (Å²) in [7, 11) is 1.50. The van der Waals surface area contributed by atoms with Gasteiger partial charge in [0.2, 0.25) is 0 Å². The van der Waals surface area contributed by atoms with Crippen LogP contribution in [0.1, 0.15) is 39.7 Å². The van der Waals surface area contributed by atoms with Crippen LogP contribution in [0, 0.1) is 5.82 Å². The molecule has 0 aliphatic heterocycles. The minimum absolute atomic E-state index is 0.221. The smallest absolute Gasteiger partial charge is 0.168 e. The first kappa shape index (κ1) is 18.3. The van der Waals surface area contributed by atoms with Gasteiger partial charge in [0, 0.05) is 16.5 Å². The zero-order valence-electron chi connectivity index (χ0n) is 13.8. The predicted molar refractivity (Wildman–Crippen MR) is 90.9 cm³/mol. The number of methoxy groups -OCH3 is 1. The molecule has 0 fully saturated rings. The molecule has 0 aromatic heterocycles. The normalized spacial score (nSPS) is 13.2. The summed E-state index contributed by atoms with van der Waals surface area (Å²) in [6.07, 6.45) is 1.77. The topological polar surface area (TPSA) is 21.3 Å².